The Morgan fingerprint density at radius 1 is 1.35 bits per heavy atom. The van der Waals surface area contributed by atoms with E-state index in [2.05, 4.69) is 21.6 Å². The largest absolute Gasteiger partial charge is 0.313 e. The number of aromatic amines is 1. The molecule has 0 spiro atoms. The number of halogens is 2. The summed E-state index contributed by atoms with van der Waals surface area (Å²) in [4.78, 5) is 0. The van der Waals surface area contributed by atoms with E-state index < -0.39 is 6.17 Å². The first-order valence-corrected chi connectivity index (χ1v) is 5.54. The van der Waals surface area contributed by atoms with Gasteiger partial charge in [0.25, 0.3) is 0 Å². The van der Waals surface area contributed by atoms with Crippen LogP contribution in [0.4, 0.5) is 4.39 Å². The first kappa shape index (κ1) is 12.3. The lowest BCUT2D eigenvalue weighted by molar-refractivity contribution is 0.331. The van der Waals surface area contributed by atoms with Crippen LogP contribution in [-0.2, 0) is 0 Å². The maximum absolute atomic E-state index is 13.7. The lowest BCUT2D eigenvalue weighted by atomic mass is 9.92. The molecule has 0 radical (unpaired) electrons. The van der Waals surface area contributed by atoms with Gasteiger partial charge in [0.1, 0.15) is 6.17 Å². The minimum atomic E-state index is -0.779. The second-order valence-electron chi connectivity index (χ2n) is 4.45. The fourth-order valence-electron chi connectivity index (χ4n) is 2.47. The molecule has 2 heterocycles. The highest BCUT2D eigenvalue weighted by Crippen LogP contribution is 2.30. The molecular formula is C12H15ClFN3. The summed E-state index contributed by atoms with van der Waals surface area (Å²) in [5.74, 6) is -0.0206. The maximum Gasteiger partial charge on any atom is 0.121 e. The lowest BCUT2D eigenvalue weighted by Gasteiger charge is -2.15. The van der Waals surface area contributed by atoms with Crippen LogP contribution in [0.25, 0.3) is 10.9 Å². The molecular weight excluding hydrogens is 241 g/mol. The lowest BCUT2D eigenvalue weighted by Crippen LogP contribution is -2.12. The van der Waals surface area contributed by atoms with Crippen LogP contribution in [0, 0.1) is 6.92 Å². The number of hydrogen-bond donors (Lipinski definition) is 2. The van der Waals surface area contributed by atoms with Crippen LogP contribution >= 0.6 is 12.4 Å². The van der Waals surface area contributed by atoms with Crippen molar-refractivity contribution in [1.82, 2.24) is 15.5 Å². The van der Waals surface area contributed by atoms with Crippen molar-refractivity contribution >= 4 is 23.3 Å². The highest BCUT2D eigenvalue weighted by atomic mass is 35.5. The molecule has 1 aromatic heterocycles. The Bertz CT molecular complexity index is 525. The second-order valence-corrected chi connectivity index (χ2v) is 4.45. The van der Waals surface area contributed by atoms with Crippen molar-refractivity contribution < 1.29 is 4.39 Å². The van der Waals surface area contributed by atoms with E-state index in [9.17, 15) is 4.39 Å². The highest BCUT2D eigenvalue weighted by Gasteiger charge is 2.29. The summed E-state index contributed by atoms with van der Waals surface area (Å²) in [5, 5.41) is 11.1. The number of alkyl halides is 1. The first-order valence-electron chi connectivity index (χ1n) is 5.54. The molecule has 1 aliphatic rings. The molecule has 0 aliphatic carbocycles. The van der Waals surface area contributed by atoms with Gasteiger partial charge in [-0.25, -0.2) is 4.39 Å². The molecule has 3 rings (SSSR count). The number of hydrogen-bond acceptors (Lipinski definition) is 2. The Hall–Kier alpha value is -1.13. The second kappa shape index (κ2) is 4.63. The van der Waals surface area contributed by atoms with Crippen molar-refractivity contribution in [3.63, 3.8) is 0 Å². The molecule has 5 heteroatoms. The number of benzene rings is 1. The summed E-state index contributed by atoms with van der Waals surface area (Å²) in [6.07, 6.45) is 1.02. The quantitative estimate of drug-likeness (QED) is 0.821. The molecule has 1 aromatic carbocycles. The molecule has 92 valence electrons. The van der Waals surface area contributed by atoms with E-state index in [0.29, 0.717) is 6.54 Å². The van der Waals surface area contributed by atoms with E-state index in [0.717, 1.165) is 28.6 Å². The predicted octanol–water partition coefficient (Wildman–Crippen LogP) is 2.32. The molecule has 1 aliphatic heterocycles. The summed E-state index contributed by atoms with van der Waals surface area (Å²) in [6.45, 7) is 3.22. The van der Waals surface area contributed by atoms with Crippen LogP contribution < -0.4 is 5.32 Å². The molecule has 1 fully saturated rings. The molecule has 0 amide bonds. The number of rotatable bonds is 1. The zero-order valence-corrected chi connectivity index (χ0v) is 10.4. The van der Waals surface area contributed by atoms with Crippen LogP contribution in [0.15, 0.2) is 18.3 Å². The maximum atomic E-state index is 13.7. The average Bonchev–Trinajstić information content (AvgIpc) is 2.85. The SMILES string of the molecule is Cc1cc2cn[nH]c2cc1C1CNCC1F.Cl. The first-order chi connectivity index (χ1) is 7.75. The summed E-state index contributed by atoms with van der Waals surface area (Å²) >= 11 is 0. The molecule has 2 N–H and O–H groups in total. The van der Waals surface area contributed by atoms with E-state index in [1.807, 2.05) is 13.0 Å². The zero-order valence-electron chi connectivity index (χ0n) is 9.53. The van der Waals surface area contributed by atoms with Crippen molar-refractivity contribution in [3.8, 4) is 0 Å². The van der Waals surface area contributed by atoms with E-state index in [1.54, 1.807) is 6.20 Å². The van der Waals surface area contributed by atoms with Crippen molar-refractivity contribution in [1.29, 1.82) is 0 Å². The van der Waals surface area contributed by atoms with E-state index in [-0.39, 0.29) is 18.3 Å². The van der Waals surface area contributed by atoms with Gasteiger partial charge in [0.2, 0.25) is 0 Å². The molecule has 2 aromatic rings. The van der Waals surface area contributed by atoms with Gasteiger partial charge in [-0.1, -0.05) is 0 Å². The molecule has 3 nitrogen and oxygen atoms in total. The van der Waals surface area contributed by atoms with Crippen LogP contribution in [0.1, 0.15) is 17.0 Å². The normalized spacial score (nSPS) is 23.9. The molecule has 0 saturated carbocycles. The number of fused-ring (bicyclic) bond motifs is 1. The highest BCUT2D eigenvalue weighted by molar-refractivity contribution is 5.85. The Kier molecular flexibility index (Phi) is 3.35. The molecule has 2 unspecified atom stereocenters. The van der Waals surface area contributed by atoms with Gasteiger partial charge in [0.05, 0.1) is 11.7 Å². The van der Waals surface area contributed by atoms with Gasteiger partial charge in [-0.15, -0.1) is 12.4 Å². The summed E-state index contributed by atoms with van der Waals surface area (Å²) < 4.78 is 13.7. The van der Waals surface area contributed by atoms with Gasteiger partial charge in [0.15, 0.2) is 0 Å². The van der Waals surface area contributed by atoms with Gasteiger partial charge in [0, 0.05) is 24.4 Å². The predicted molar refractivity (Wildman–Crippen MR) is 68.6 cm³/mol. The van der Waals surface area contributed by atoms with E-state index in [4.69, 9.17) is 0 Å². The minimum absolute atomic E-state index is 0. The van der Waals surface area contributed by atoms with Crippen LogP contribution in [-0.4, -0.2) is 29.5 Å². The molecule has 17 heavy (non-hydrogen) atoms. The van der Waals surface area contributed by atoms with Crippen LogP contribution in [0.3, 0.4) is 0 Å². The minimum Gasteiger partial charge on any atom is -0.313 e. The Labute approximate surface area is 105 Å². The summed E-state index contributed by atoms with van der Waals surface area (Å²) in [7, 11) is 0. The summed E-state index contributed by atoms with van der Waals surface area (Å²) in [5.41, 5.74) is 3.22. The smallest absolute Gasteiger partial charge is 0.121 e. The van der Waals surface area contributed by atoms with Crippen molar-refractivity contribution in [2.75, 3.05) is 13.1 Å². The third-order valence-electron chi connectivity index (χ3n) is 3.37. The molecule has 1 saturated heterocycles. The van der Waals surface area contributed by atoms with Gasteiger partial charge in [-0.05, 0) is 30.2 Å². The van der Waals surface area contributed by atoms with Crippen molar-refractivity contribution in [2.24, 2.45) is 0 Å². The number of nitrogens with zero attached hydrogens (tertiary/aromatic N) is 1. The third kappa shape index (κ3) is 2.03. The van der Waals surface area contributed by atoms with Gasteiger partial charge < -0.3 is 5.32 Å². The van der Waals surface area contributed by atoms with Gasteiger partial charge in [-0.2, -0.15) is 5.10 Å². The van der Waals surface area contributed by atoms with Crippen LogP contribution in [0.2, 0.25) is 0 Å². The Morgan fingerprint density at radius 2 is 2.18 bits per heavy atom. The standard InChI is InChI=1S/C12H14FN3.ClH/c1-7-2-8-4-15-16-12(8)3-9(7)10-5-14-6-11(10)13;/h2-4,10-11,14H,5-6H2,1H3,(H,15,16);1H. The molecule has 0 bridgehead atoms. The zero-order chi connectivity index (χ0) is 11.1. The summed E-state index contributed by atoms with van der Waals surface area (Å²) in [6, 6.07) is 4.10. The number of nitrogens with one attached hydrogen (secondary N) is 2. The third-order valence-corrected chi connectivity index (χ3v) is 3.37. The van der Waals surface area contributed by atoms with Crippen LogP contribution in [0.5, 0.6) is 0 Å². The van der Waals surface area contributed by atoms with Gasteiger partial charge >= 0.3 is 0 Å². The molecule has 2 atom stereocenters. The number of aryl methyl sites for hydroxylation is 1. The number of H-pyrrole nitrogens is 1. The Morgan fingerprint density at radius 3 is 2.88 bits per heavy atom. The fourth-order valence-corrected chi connectivity index (χ4v) is 2.47. The number of aromatic nitrogens is 2. The fraction of sp³-hybridized carbons (Fsp3) is 0.417. The van der Waals surface area contributed by atoms with Gasteiger partial charge in [-0.3, -0.25) is 5.10 Å². The average molecular weight is 256 g/mol. The van der Waals surface area contributed by atoms with E-state index >= 15 is 0 Å². The topological polar surface area (TPSA) is 40.7 Å². The Balaban J connectivity index is 0.00000108. The monoisotopic (exact) mass is 255 g/mol. The van der Waals surface area contributed by atoms with Crippen molar-refractivity contribution in [3.05, 3.63) is 29.5 Å². The van der Waals surface area contributed by atoms with E-state index in [1.165, 1.54) is 0 Å². The van der Waals surface area contributed by atoms with Crippen molar-refractivity contribution in [2.45, 2.75) is 19.0 Å².